The minimum Gasteiger partial charge on any atom is -0.403 e. The summed E-state index contributed by atoms with van der Waals surface area (Å²) in [4.78, 5) is 18.5. The smallest absolute Gasteiger partial charge is 0.403 e. The van der Waals surface area contributed by atoms with Crippen molar-refractivity contribution in [1.82, 2.24) is 9.97 Å². The first-order valence-electron chi connectivity index (χ1n) is 7.63. The zero-order valence-electron chi connectivity index (χ0n) is 14.2. The third kappa shape index (κ3) is 5.03. The van der Waals surface area contributed by atoms with Gasteiger partial charge in [-0.15, -0.1) is 13.2 Å². The summed E-state index contributed by atoms with van der Waals surface area (Å²) >= 11 is 0. The van der Waals surface area contributed by atoms with E-state index in [4.69, 9.17) is 10.5 Å². The molecule has 1 unspecified atom stereocenters. The summed E-state index contributed by atoms with van der Waals surface area (Å²) in [6.07, 6.45) is -5.02. The third-order valence-electron chi connectivity index (χ3n) is 3.53. The number of hydrogen-bond acceptors (Lipinski definition) is 6. The molecule has 0 fully saturated rings. The fourth-order valence-corrected chi connectivity index (χ4v) is 2.33. The number of rotatable bonds is 6. The summed E-state index contributed by atoms with van der Waals surface area (Å²) in [6, 6.07) is 2.23. The minimum absolute atomic E-state index is 0.0150. The van der Waals surface area contributed by atoms with Gasteiger partial charge in [0.05, 0.1) is 18.4 Å². The van der Waals surface area contributed by atoms with Gasteiger partial charge >= 0.3 is 6.36 Å². The third-order valence-corrected chi connectivity index (χ3v) is 3.53. The van der Waals surface area contributed by atoms with Gasteiger partial charge < -0.3 is 25.6 Å². The topological polar surface area (TPSA) is 111 Å². The molecule has 7 nitrogen and oxygen atoms in total. The number of halogens is 4. The Hall–Kier alpha value is -2.95. The predicted octanol–water partition coefficient (Wildman–Crippen LogP) is 2.65. The zero-order chi connectivity index (χ0) is 20.4. The zero-order valence-corrected chi connectivity index (χ0v) is 14.2. The Morgan fingerprint density at radius 2 is 2.11 bits per heavy atom. The van der Waals surface area contributed by atoms with Crippen molar-refractivity contribution in [2.45, 2.75) is 26.3 Å². The molecule has 1 aromatic carbocycles. The lowest BCUT2D eigenvalue weighted by Crippen LogP contribution is -2.25. The summed E-state index contributed by atoms with van der Waals surface area (Å²) < 4.78 is 54.1. The number of anilines is 1. The summed E-state index contributed by atoms with van der Waals surface area (Å²) in [5, 5.41) is 19.6. The largest absolute Gasteiger partial charge is 0.573 e. The first kappa shape index (κ1) is 20.4. The van der Waals surface area contributed by atoms with Crippen molar-refractivity contribution in [3.8, 4) is 5.75 Å². The molecular weight excluding hydrogens is 372 g/mol. The van der Waals surface area contributed by atoms with Crippen LogP contribution >= 0.6 is 0 Å². The summed E-state index contributed by atoms with van der Waals surface area (Å²) in [6.45, 7) is 2.37. The molecule has 2 aromatic rings. The van der Waals surface area contributed by atoms with Crippen LogP contribution in [0.2, 0.25) is 0 Å². The average molecular weight is 388 g/mol. The van der Waals surface area contributed by atoms with Crippen molar-refractivity contribution >= 4 is 11.5 Å². The van der Waals surface area contributed by atoms with Crippen molar-refractivity contribution in [3.63, 3.8) is 0 Å². The van der Waals surface area contributed by atoms with Gasteiger partial charge in [0, 0.05) is 0 Å². The highest BCUT2D eigenvalue weighted by molar-refractivity contribution is 6.02. The molecule has 0 aliphatic heterocycles. The second-order valence-electron chi connectivity index (χ2n) is 5.62. The number of benzene rings is 1. The molecule has 11 heteroatoms. The number of nitrogens with one attached hydrogen (secondary N) is 3. The van der Waals surface area contributed by atoms with Crippen LogP contribution in [0.25, 0.3) is 0 Å². The number of aliphatic hydroxyl groups is 1. The second kappa shape index (κ2) is 7.74. The molecule has 0 aliphatic carbocycles. The van der Waals surface area contributed by atoms with Gasteiger partial charge in [0.2, 0.25) is 0 Å². The highest BCUT2D eigenvalue weighted by Crippen LogP contribution is 2.28. The van der Waals surface area contributed by atoms with E-state index in [1.165, 1.54) is 13.0 Å². The number of aromatic nitrogens is 2. The number of H-pyrrole nitrogens is 1. The van der Waals surface area contributed by atoms with E-state index >= 15 is 0 Å². The first-order valence-corrected chi connectivity index (χ1v) is 7.63. The molecule has 0 radical (unpaired) electrons. The number of alkyl halides is 3. The molecule has 0 spiro atoms. The van der Waals surface area contributed by atoms with Gasteiger partial charge in [0.25, 0.3) is 5.56 Å². The molecular formula is C16H16F4N4O3. The quantitative estimate of drug-likeness (QED) is 0.449. The van der Waals surface area contributed by atoms with Crippen LogP contribution in [0.1, 0.15) is 29.9 Å². The molecule has 0 saturated heterocycles. The number of aryl methyl sites for hydroxylation is 1. The number of aliphatic hydroxyl groups excluding tert-OH is 1. The van der Waals surface area contributed by atoms with E-state index in [-0.39, 0.29) is 28.5 Å². The molecule has 27 heavy (non-hydrogen) atoms. The van der Waals surface area contributed by atoms with E-state index in [1.54, 1.807) is 6.92 Å². The normalized spacial score (nSPS) is 12.6. The molecule has 1 heterocycles. The molecule has 1 atom stereocenters. The van der Waals surface area contributed by atoms with E-state index < -0.39 is 36.1 Å². The van der Waals surface area contributed by atoms with Crippen molar-refractivity contribution < 1.29 is 27.4 Å². The molecule has 0 bridgehead atoms. The Morgan fingerprint density at radius 1 is 1.44 bits per heavy atom. The standard InChI is InChI=1S/C16H16F4N4O3/c1-7(9-3-4-12(10(17)5-9)27-16(18,19)20)22-14-13(11(21)6-25)15(26)24-8(2)23-14/h3-5,7,21,25H,6H2,1-2H3,(H2,22,23,24,26). The Labute approximate surface area is 150 Å². The average Bonchev–Trinajstić information content (AvgIpc) is 2.54. The molecule has 4 N–H and O–H groups in total. The second-order valence-corrected chi connectivity index (χ2v) is 5.62. The van der Waals surface area contributed by atoms with Crippen molar-refractivity contribution in [2.24, 2.45) is 0 Å². The number of ether oxygens (including phenoxy) is 1. The van der Waals surface area contributed by atoms with Crippen molar-refractivity contribution in [2.75, 3.05) is 11.9 Å². The number of hydrogen-bond donors (Lipinski definition) is 4. The SMILES string of the molecule is Cc1nc(NC(C)c2ccc(OC(F)(F)F)c(F)c2)c(C(=N)CO)c(=O)[nH]1. The first-order chi connectivity index (χ1) is 12.5. The Morgan fingerprint density at radius 3 is 2.67 bits per heavy atom. The summed E-state index contributed by atoms with van der Waals surface area (Å²) in [5.74, 6) is -1.95. The lowest BCUT2D eigenvalue weighted by atomic mass is 10.1. The van der Waals surface area contributed by atoms with Gasteiger partial charge in [-0.25, -0.2) is 9.37 Å². The monoisotopic (exact) mass is 388 g/mol. The minimum atomic E-state index is -5.02. The molecule has 0 saturated carbocycles. The van der Waals surface area contributed by atoms with Gasteiger partial charge in [0.15, 0.2) is 11.6 Å². The maximum absolute atomic E-state index is 13.9. The van der Waals surface area contributed by atoms with Crippen molar-refractivity contribution in [3.05, 3.63) is 51.3 Å². The van der Waals surface area contributed by atoms with Crippen LogP contribution < -0.4 is 15.6 Å². The van der Waals surface area contributed by atoms with Crippen LogP contribution in [0, 0.1) is 18.2 Å². The van der Waals surface area contributed by atoms with Crippen LogP contribution in [-0.2, 0) is 0 Å². The van der Waals surface area contributed by atoms with Crippen molar-refractivity contribution in [1.29, 1.82) is 5.41 Å². The Bertz CT molecular complexity index is 912. The van der Waals surface area contributed by atoms with E-state index in [0.29, 0.717) is 0 Å². The van der Waals surface area contributed by atoms with Gasteiger partial charge in [0.1, 0.15) is 17.2 Å². The van der Waals surface area contributed by atoms with Crippen LogP contribution in [-0.4, -0.2) is 33.8 Å². The fraction of sp³-hybridized carbons (Fsp3) is 0.312. The van der Waals surface area contributed by atoms with E-state index in [2.05, 4.69) is 20.0 Å². The van der Waals surface area contributed by atoms with Crippen LogP contribution in [0.15, 0.2) is 23.0 Å². The highest BCUT2D eigenvalue weighted by atomic mass is 19.4. The number of aromatic amines is 1. The van der Waals surface area contributed by atoms with E-state index in [0.717, 1.165) is 12.1 Å². The van der Waals surface area contributed by atoms with Gasteiger partial charge in [-0.3, -0.25) is 4.79 Å². The van der Waals surface area contributed by atoms with Crippen LogP contribution in [0.4, 0.5) is 23.4 Å². The summed E-state index contributed by atoms with van der Waals surface area (Å²) in [7, 11) is 0. The molecule has 2 rings (SSSR count). The van der Waals surface area contributed by atoms with Gasteiger partial charge in [-0.2, -0.15) is 0 Å². The fourth-order valence-electron chi connectivity index (χ4n) is 2.33. The van der Waals surface area contributed by atoms with E-state index in [9.17, 15) is 22.4 Å². The maximum atomic E-state index is 13.9. The van der Waals surface area contributed by atoms with Gasteiger partial charge in [-0.1, -0.05) is 6.07 Å². The number of nitrogens with zero attached hydrogens (tertiary/aromatic N) is 1. The van der Waals surface area contributed by atoms with Crippen LogP contribution in [0.5, 0.6) is 5.75 Å². The maximum Gasteiger partial charge on any atom is 0.573 e. The Kier molecular flexibility index (Phi) is 5.84. The lowest BCUT2D eigenvalue weighted by Gasteiger charge is -2.18. The van der Waals surface area contributed by atoms with Gasteiger partial charge in [-0.05, 0) is 31.5 Å². The molecule has 0 amide bonds. The summed E-state index contributed by atoms with van der Waals surface area (Å²) in [5.41, 5.74) is -0.953. The predicted molar refractivity (Wildman–Crippen MR) is 88.6 cm³/mol. The molecule has 1 aromatic heterocycles. The lowest BCUT2D eigenvalue weighted by molar-refractivity contribution is -0.275. The molecule has 146 valence electrons. The Balaban J connectivity index is 2.33. The highest BCUT2D eigenvalue weighted by Gasteiger charge is 2.32. The molecule has 0 aliphatic rings. The van der Waals surface area contributed by atoms with Crippen LogP contribution in [0.3, 0.4) is 0 Å². The van der Waals surface area contributed by atoms with E-state index in [1.807, 2.05) is 0 Å².